The Kier molecular flexibility index (Phi) is 4.10. The van der Waals surface area contributed by atoms with Crippen molar-refractivity contribution >= 4 is 17.7 Å². The van der Waals surface area contributed by atoms with Crippen LogP contribution in [0.3, 0.4) is 0 Å². The first kappa shape index (κ1) is 12.5. The quantitative estimate of drug-likeness (QED) is 0.897. The number of hydrogen-bond acceptors (Lipinski definition) is 3. The van der Waals surface area contributed by atoms with Crippen molar-refractivity contribution in [3.05, 3.63) is 18.2 Å². The van der Waals surface area contributed by atoms with Gasteiger partial charge in [-0.05, 0) is 32.4 Å². The van der Waals surface area contributed by atoms with Crippen molar-refractivity contribution in [2.75, 3.05) is 11.5 Å². The van der Waals surface area contributed by atoms with Crippen LogP contribution < -0.4 is 5.32 Å². The maximum atomic E-state index is 12.1. The number of thioether (sulfide) groups is 1. The van der Waals surface area contributed by atoms with Crippen molar-refractivity contribution in [2.45, 2.75) is 38.8 Å². The van der Waals surface area contributed by atoms with Gasteiger partial charge < -0.3 is 9.88 Å². The van der Waals surface area contributed by atoms with E-state index in [1.54, 1.807) is 6.20 Å². The Bertz CT molecular complexity index is 383. The molecule has 17 heavy (non-hydrogen) atoms. The molecule has 1 aliphatic heterocycles. The Hall–Kier alpha value is -0.970. The Morgan fingerprint density at radius 1 is 1.65 bits per heavy atom. The van der Waals surface area contributed by atoms with Gasteiger partial charge in [0.2, 0.25) is 0 Å². The predicted molar refractivity (Wildman–Crippen MR) is 70.4 cm³/mol. The maximum absolute atomic E-state index is 12.1. The number of rotatable bonds is 3. The summed E-state index contributed by atoms with van der Waals surface area (Å²) in [5.41, 5.74) is 0. The molecule has 5 heteroatoms. The number of nitrogens with zero attached hydrogens (tertiary/aromatic N) is 2. The second-order valence-corrected chi connectivity index (χ2v) is 5.79. The molecule has 1 fully saturated rings. The molecule has 2 rings (SSSR count). The normalized spacial score (nSPS) is 20.5. The average Bonchev–Trinajstić information content (AvgIpc) is 2.79. The Labute approximate surface area is 106 Å². The summed E-state index contributed by atoms with van der Waals surface area (Å²) in [5, 5.41) is 3.07. The van der Waals surface area contributed by atoms with Gasteiger partial charge >= 0.3 is 0 Å². The molecule has 0 bridgehead atoms. The fraction of sp³-hybridized carbons (Fsp3) is 0.667. The standard InChI is InChI=1S/C12H19N3OS/c1-9(2)15-6-5-13-11(15)12(16)14-10-4-3-7-17-8-10/h5-6,9-10H,3-4,7-8H2,1-2H3,(H,14,16). The number of nitrogens with one attached hydrogen (secondary N) is 1. The van der Waals surface area contributed by atoms with Crippen molar-refractivity contribution in [1.29, 1.82) is 0 Å². The lowest BCUT2D eigenvalue weighted by Gasteiger charge is -2.22. The van der Waals surface area contributed by atoms with Gasteiger partial charge in [0.1, 0.15) is 0 Å². The first-order valence-corrected chi connectivity index (χ1v) is 7.25. The van der Waals surface area contributed by atoms with Crippen LogP contribution in [0.2, 0.25) is 0 Å². The van der Waals surface area contributed by atoms with Gasteiger partial charge in [0.25, 0.3) is 5.91 Å². The third-order valence-electron chi connectivity index (χ3n) is 2.92. The average molecular weight is 253 g/mol. The molecule has 1 amide bonds. The highest BCUT2D eigenvalue weighted by Gasteiger charge is 2.20. The van der Waals surface area contributed by atoms with E-state index in [1.807, 2.05) is 22.5 Å². The second-order valence-electron chi connectivity index (χ2n) is 4.64. The molecule has 1 unspecified atom stereocenters. The van der Waals surface area contributed by atoms with Crippen LogP contribution in [0.5, 0.6) is 0 Å². The van der Waals surface area contributed by atoms with E-state index in [9.17, 15) is 4.79 Å². The lowest BCUT2D eigenvalue weighted by Crippen LogP contribution is -2.39. The minimum Gasteiger partial charge on any atom is -0.346 e. The molecule has 1 aliphatic rings. The lowest BCUT2D eigenvalue weighted by molar-refractivity contribution is 0.0922. The van der Waals surface area contributed by atoms with E-state index in [1.165, 1.54) is 12.2 Å². The number of hydrogen-bond donors (Lipinski definition) is 1. The van der Waals surface area contributed by atoms with Gasteiger partial charge in [0.05, 0.1) is 0 Å². The van der Waals surface area contributed by atoms with Crippen LogP contribution in [0, 0.1) is 0 Å². The van der Waals surface area contributed by atoms with Crippen molar-refractivity contribution in [1.82, 2.24) is 14.9 Å². The van der Waals surface area contributed by atoms with Gasteiger partial charge in [-0.1, -0.05) is 0 Å². The minimum absolute atomic E-state index is 0.0452. The van der Waals surface area contributed by atoms with E-state index in [4.69, 9.17) is 0 Å². The maximum Gasteiger partial charge on any atom is 0.287 e. The van der Waals surface area contributed by atoms with Crippen molar-refractivity contribution in [3.63, 3.8) is 0 Å². The molecule has 0 aliphatic carbocycles. The van der Waals surface area contributed by atoms with Crippen LogP contribution in [-0.2, 0) is 0 Å². The van der Waals surface area contributed by atoms with Gasteiger partial charge in [-0.15, -0.1) is 0 Å². The summed E-state index contributed by atoms with van der Waals surface area (Å²) in [6.45, 7) is 4.10. The molecule has 1 N–H and O–H groups in total. The van der Waals surface area contributed by atoms with Crippen LogP contribution in [0.1, 0.15) is 43.3 Å². The van der Waals surface area contributed by atoms with Gasteiger partial charge in [0.15, 0.2) is 5.82 Å². The zero-order valence-electron chi connectivity index (χ0n) is 10.3. The highest BCUT2D eigenvalue weighted by Crippen LogP contribution is 2.17. The molecule has 1 atom stereocenters. The molecule has 2 heterocycles. The first-order chi connectivity index (χ1) is 8.18. The number of carbonyl (C=O) groups excluding carboxylic acids is 1. The Balaban J connectivity index is 2.01. The molecule has 1 aromatic heterocycles. The summed E-state index contributed by atoms with van der Waals surface area (Å²) in [4.78, 5) is 16.2. The fourth-order valence-corrected chi connectivity index (χ4v) is 3.08. The third kappa shape index (κ3) is 3.03. The van der Waals surface area contributed by atoms with Crippen molar-refractivity contribution in [2.24, 2.45) is 0 Å². The largest absolute Gasteiger partial charge is 0.346 e. The minimum atomic E-state index is -0.0452. The topological polar surface area (TPSA) is 46.9 Å². The fourth-order valence-electron chi connectivity index (χ4n) is 2.01. The molecule has 0 spiro atoms. The highest BCUT2D eigenvalue weighted by atomic mass is 32.2. The lowest BCUT2D eigenvalue weighted by atomic mass is 10.2. The zero-order valence-corrected chi connectivity index (χ0v) is 11.2. The van der Waals surface area contributed by atoms with Crippen molar-refractivity contribution < 1.29 is 4.79 Å². The van der Waals surface area contributed by atoms with Crippen molar-refractivity contribution in [3.8, 4) is 0 Å². The molecule has 94 valence electrons. The molecule has 0 aromatic carbocycles. The number of imidazole rings is 1. The predicted octanol–water partition coefficient (Wildman–Crippen LogP) is 2.09. The molecule has 1 saturated heterocycles. The highest BCUT2D eigenvalue weighted by molar-refractivity contribution is 7.99. The number of carbonyl (C=O) groups is 1. The Morgan fingerprint density at radius 2 is 2.47 bits per heavy atom. The third-order valence-corrected chi connectivity index (χ3v) is 4.14. The molecule has 4 nitrogen and oxygen atoms in total. The molecular formula is C12H19N3OS. The molecule has 1 aromatic rings. The van der Waals surface area contributed by atoms with Crippen LogP contribution >= 0.6 is 11.8 Å². The zero-order chi connectivity index (χ0) is 12.3. The van der Waals surface area contributed by atoms with E-state index in [0.29, 0.717) is 11.9 Å². The van der Waals surface area contributed by atoms with Gasteiger partial charge in [-0.2, -0.15) is 11.8 Å². The monoisotopic (exact) mass is 253 g/mol. The molecule has 0 saturated carbocycles. The summed E-state index contributed by atoms with van der Waals surface area (Å²) in [5.74, 6) is 2.72. The van der Waals surface area contributed by atoms with E-state index in [-0.39, 0.29) is 11.9 Å². The second kappa shape index (κ2) is 5.58. The van der Waals surface area contributed by atoms with Crippen LogP contribution in [0.15, 0.2) is 12.4 Å². The summed E-state index contributed by atoms with van der Waals surface area (Å²) < 4.78 is 1.91. The number of aromatic nitrogens is 2. The SMILES string of the molecule is CC(C)n1ccnc1C(=O)NC1CCCSC1. The van der Waals surface area contributed by atoms with E-state index >= 15 is 0 Å². The van der Waals surface area contributed by atoms with Gasteiger partial charge in [-0.25, -0.2) is 4.98 Å². The van der Waals surface area contributed by atoms with E-state index < -0.39 is 0 Å². The molecule has 0 radical (unpaired) electrons. The van der Waals surface area contributed by atoms with Crippen LogP contribution in [0.25, 0.3) is 0 Å². The summed E-state index contributed by atoms with van der Waals surface area (Å²) in [6.07, 6.45) is 5.81. The van der Waals surface area contributed by atoms with Crippen LogP contribution in [-0.4, -0.2) is 33.0 Å². The van der Waals surface area contributed by atoms with Gasteiger partial charge in [0, 0.05) is 30.2 Å². The number of amides is 1. The summed E-state index contributed by atoms with van der Waals surface area (Å²) in [7, 11) is 0. The van der Waals surface area contributed by atoms with E-state index in [2.05, 4.69) is 24.1 Å². The first-order valence-electron chi connectivity index (χ1n) is 6.10. The smallest absolute Gasteiger partial charge is 0.287 e. The van der Waals surface area contributed by atoms with E-state index in [0.717, 1.165) is 12.2 Å². The van der Waals surface area contributed by atoms with Crippen LogP contribution in [0.4, 0.5) is 0 Å². The van der Waals surface area contributed by atoms with Gasteiger partial charge in [-0.3, -0.25) is 4.79 Å². The summed E-state index contributed by atoms with van der Waals surface area (Å²) in [6, 6.07) is 0.567. The molecular weight excluding hydrogens is 234 g/mol. The summed E-state index contributed by atoms with van der Waals surface area (Å²) >= 11 is 1.91. The Morgan fingerprint density at radius 3 is 3.12 bits per heavy atom.